The quantitative estimate of drug-likeness (QED) is 0.336. The monoisotopic (exact) mass is 458 g/mol. The molecule has 8 nitrogen and oxygen atoms in total. The van der Waals surface area contributed by atoms with Crippen LogP contribution in [-0.2, 0) is 11.2 Å². The van der Waals surface area contributed by atoms with Gasteiger partial charge in [0.15, 0.2) is 6.10 Å². The molecule has 4 N–H and O–H groups in total. The Morgan fingerprint density at radius 2 is 1.82 bits per heavy atom. The maximum absolute atomic E-state index is 12.5. The average Bonchev–Trinajstić information content (AvgIpc) is 3.24. The van der Waals surface area contributed by atoms with Gasteiger partial charge in [-0.25, -0.2) is 4.79 Å². The van der Waals surface area contributed by atoms with Gasteiger partial charge in [0.2, 0.25) is 0 Å². The number of carbonyl (C=O) groups excluding carboxylic acids is 2. The van der Waals surface area contributed by atoms with Gasteiger partial charge in [0.05, 0.1) is 6.54 Å². The highest BCUT2D eigenvalue weighted by Gasteiger charge is 2.32. The molecule has 1 atom stereocenters. The first-order valence-electron chi connectivity index (χ1n) is 11.0. The van der Waals surface area contributed by atoms with Gasteiger partial charge in [0.25, 0.3) is 5.91 Å². The maximum Gasteiger partial charge on any atom is 0.414 e. The van der Waals surface area contributed by atoms with Crippen molar-refractivity contribution in [3.8, 4) is 5.75 Å². The molecule has 1 aliphatic heterocycles. The zero-order valence-electron chi connectivity index (χ0n) is 18.6. The van der Waals surface area contributed by atoms with E-state index >= 15 is 0 Å². The van der Waals surface area contributed by atoms with Crippen LogP contribution in [0.2, 0.25) is 0 Å². The number of benzene rings is 3. The van der Waals surface area contributed by atoms with Gasteiger partial charge in [-0.2, -0.15) is 0 Å². The molecule has 0 radical (unpaired) electrons. The number of rotatable bonds is 9. The molecule has 0 saturated carbocycles. The lowest BCUT2D eigenvalue weighted by molar-refractivity contribution is 0.0953. The Balaban J connectivity index is 1.28. The Bertz CT molecular complexity index is 1160. The molecule has 0 aliphatic carbocycles. The van der Waals surface area contributed by atoms with Crippen LogP contribution in [0.25, 0.3) is 0 Å². The Morgan fingerprint density at radius 3 is 2.56 bits per heavy atom. The highest BCUT2D eigenvalue weighted by Crippen LogP contribution is 2.23. The summed E-state index contributed by atoms with van der Waals surface area (Å²) in [6.45, 7) is 1.03. The van der Waals surface area contributed by atoms with Crippen molar-refractivity contribution >= 4 is 23.5 Å². The van der Waals surface area contributed by atoms with Gasteiger partial charge in [-0.05, 0) is 54.4 Å². The Morgan fingerprint density at radius 1 is 1.06 bits per heavy atom. The van der Waals surface area contributed by atoms with Crippen molar-refractivity contribution in [2.45, 2.75) is 12.5 Å². The summed E-state index contributed by atoms with van der Waals surface area (Å²) in [7, 11) is 0. The van der Waals surface area contributed by atoms with E-state index in [4.69, 9.17) is 20.6 Å². The molecule has 1 aliphatic rings. The summed E-state index contributed by atoms with van der Waals surface area (Å²) in [5, 5.41) is 10.4. The number of hydrogen-bond acceptors (Lipinski definition) is 5. The summed E-state index contributed by atoms with van der Waals surface area (Å²) in [5.41, 5.74) is 8.38. The zero-order valence-corrected chi connectivity index (χ0v) is 18.6. The van der Waals surface area contributed by atoms with Crippen molar-refractivity contribution in [2.24, 2.45) is 5.73 Å². The van der Waals surface area contributed by atoms with Gasteiger partial charge in [-0.15, -0.1) is 0 Å². The fourth-order valence-electron chi connectivity index (χ4n) is 3.62. The molecular weight excluding hydrogens is 432 g/mol. The third-order valence-corrected chi connectivity index (χ3v) is 5.44. The lowest BCUT2D eigenvalue weighted by Crippen LogP contribution is -2.27. The van der Waals surface area contributed by atoms with Crippen molar-refractivity contribution in [3.63, 3.8) is 0 Å². The van der Waals surface area contributed by atoms with Crippen LogP contribution in [0.1, 0.15) is 21.5 Å². The summed E-state index contributed by atoms with van der Waals surface area (Å²) in [6.07, 6.45) is -0.164. The highest BCUT2D eigenvalue weighted by atomic mass is 16.6. The van der Waals surface area contributed by atoms with Crippen LogP contribution in [0.4, 0.5) is 10.5 Å². The molecule has 1 saturated heterocycles. The van der Waals surface area contributed by atoms with Crippen molar-refractivity contribution < 1.29 is 19.1 Å². The number of amides is 2. The van der Waals surface area contributed by atoms with Crippen LogP contribution in [0.5, 0.6) is 5.75 Å². The fourth-order valence-corrected chi connectivity index (χ4v) is 3.62. The largest absolute Gasteiger partial charge is 0.490 e. The number of carbonyl (C=O) groups is 2. The minimum absolute atomic E-state index is 0.0334. The summed E-state index contributed by atoms with van der Waals surface area (Å²) in [4.78, 5) is 26.3. The number of cyclic esters (lactones) is 1. The molecule has 0 spiro atoms. The van der Waals surface area contributed by atoms with Gasteiger partial charge < -0.3 is 20.5 Å². The number of anilines is 1. The van der Waals surface area contributed by atoms with Crippen LogP contribution < -0.4 is 20.7 Å². The van der Waals surface area contributed by atoms with Crippen LogP contribution in [0, 0.1) is 5.41 Å². The number of ether oxygens (including phenoxy) is 2. The third-order valence-electron chi connectivity index (χ3n) is 5.44. The van der Waals surface area contributed by atoms with E-state index in [-0.39, 0.29) is 18.3 Å². The van der Waals surface area contributed by atoms with Crippen LogP contribution >= 0.6 is 0 Å². The van der Waals surface area contributed by atoms with E-state index in [9.17, 15) is 9.59 Å². The van der Waals surface area contributed by atoms with E-state index < -0.39 is 12.2 Å². The van der Waals surface area contributed by atoms with E-state index in [1.165, 1.54) is 4.90 Å². The predicted molar refractivity (Wildman–Crippen MR) is 129 cm³/mol. The molecule has 34 heavy (non-hydrogen) atoms. The minimum atomic E-state index is -0.462. The molecular formula is C26H26N4O4. The van der Waals surface area contributed by atoms with Gasteiger partial charge >= 0.3 is 6.09 Å². The third kappa shape index (κ3) is 5.72. The van der Waals surface area contributed by atoms with Crippen LogP contribution in [0.15, 0.2) is 78.9 Å². The van der Waals surface area contributed by atoms with Crippen LogP contribution in [-0.4, -0.2) is 43.6 Å². The molecule has 0 bridgehead atoms. The molecule has 1 unspecified atom stereocenters. The normalized spacial score (nSPS) is 15.0. The number of nitrogen functional groups attached to an aromatic ring is 1. The maximum atomic E-state index is 12.5. The summed E-state index contributed by atoms with van der Waals surface area (Å²) >= 11 is 0. The second-order valence-corrected chi connectivity index (χ2v) is 7.91. The second-order valence-electron chi connectivity index (χ2n) is 7.91. The predicted octanol–water partition coefficient (Wildman–Crippen LogP) is 3.35. The number of hydrogen-bond donors (Lipinski definition) is 3. The molecule has 0 aromatic heterocycles. The smallest absolute Gasteiger partial charge is 0.414 e. The minimum Gasteiger partial charge on any atom is -0.490 e. The first-order chi connectivity index (χ1) is 16.5. The Kier molecular flexibility index (Phi) is 7.07. The van der Waals surface area contributed by atoms with E-state index in [1.807, 2.05) is 30.3 Å². The SMILES string of the molecule is N=C(N)c1ccc(N2CC(COc3cccc(C(=O)NCCc4ccccc4)c3)OC2=O)cc1. The molecule has 4 rings (SSSR count). The Hall–Kier alpha value is -4.33. The summed E-state index contributed by atoms with van der Waals surface area (Å²) < 4.78 is 11.2. The van der Waals surface area contributed by atoms with Crippen molar-refractivity contribution in [1.82, 2.24) is 5.32 Å². The molecule has 3 aromatic rings. The second kappa shape index (κ2) is 10.5. The van der Waals surface area contributed by atoms with Gasteiger partial charge in [0.1, 0.15) is 18.2 Å². The standard InChI is InChI=1S/C26H26N4O4/c27-24(28)19-9-11-21(12-10-19)30-16-23(34-26(30)32)17-33-22-8-4-7-20(15-22)25(31)29-14-13-18-5-2-1-3-6-18/h1-12,15,23H,13-14,16-17H2,(H3,27,28)(H,29,31). The van der Waals surface area contributed by atoms with Gasteiger partial charge in [0, 0.05) is 23.4 Å². The van der Waals surface area contributed by atoms with E-state index in [2.05, 4.69) is 5.32 Å². The Labute approximate surface area is 197 Å². The summed E-state index contributed by atoms with van der Waals surface area (Å²) in [6, 6.07) is 23.7. The first-order valence-corrected chi connectivity index (χ1v) is 11.0. The summed E-state index contributed by atoms with van der Waals surface area (Å²) in [5.74, 6) is 0.318. The fraction of sp³-hybridized carbons (Fsp3) is 0.192. The van der Waals surface area contributed by atoms with Crippen molar-refractivity contribution in [3.05, 3.63) is 95.6 Å². The van der Waals surface area contributed by atoms with Crippen LogP contribution in [0.3, 0.4) is 0 Å². The molecule has 8 heteroatoms. The van der Waals surface area contributed by atoms with Gasteiger partial charge in [-0.1, -0.05) is 36.4 Å². The number of amidine groups is 1. The average molecular weight is 459 g/mol. The lowest BCUT2D eigenvalue weighted by Gasteiger charge is -2.14. The topological polar surface area (TPSA) is 118 Å². The first kappa shape index (κ1) is 22.8. The van der Waals surface area contributed by atoms with Crippen molar-refractivity contribution in [1.29, 1.82) is 5.41 Å². The number of nitrogens with two attached hydrogens (primary N) is 1. The number of nitrogens with zero attached hydrogens (tertiary/aromatic N) is 1. The number of nitrogens with one attached hydrogen (secondary N) is 2. The molecule has 1 heterocycles. The molecule has 174 valence electrons. The van der Waals surface area contributed by atoms with E-state index in [1.54, 1.807) is 48.5 Å². The zero-order chi connectivity index (χ0) is 23.9. The van der Waals surface area contributed by atoms with E-state index in [0.29, 0.717) is 35.7 Å². The van der Waals surface area contributed by atoms with Crippen molar-refractivity contribution in [2.75, 3.05) is 24.6 Å². The lowest BCUT2D eigenvalue weighted by atomic mass is 10.1. The molecule has 1 fully saturated rings. The van der Waals surface area contributed by atoms with E-state index in [0.717, 1.165) is 12.0 Å². The molecule has 3 aromatic carbocycles. The molecule has 2 amide bonds. The van der Waals surface area contributed by atoms with Gasteiger partial charge in [-0.3, -0.25) is 15.1 Å². The highest BCUT2D eigenvalue weighted by molar-refractivity contribution is 5.96.